The molecule has 1 fully saturated rings. The van der Waals surface area contributed by atoms with E-state index in [9.17, 15) is 18.0 Å². The molecule has 0 atom stereocenters. The zero-order valence-electron chi connectivity index (χ0n) is 17.2. The zero-order chi connectivity index (χ0) is 22.2. The second-order valence-corrected chi connectivity index (χ2v) is 10.8. The minimum absolute atomic E-state index is 0.0478. The monoisotopic (exact) mass is 448 g/mol. The number of para-hydroxylation sites is 1. The summed E-state index contributed by atoms with van der Waals surface area (Å²) in [4.78, 5) is 19.5. The number of hydrogen-bond donors (Lipinski definition) is 2. The van der Waals surface area contributed by atoms with Crippen molar-refractivity contribution in [2.75, 3.05) is 5.32 Å². The molecule has 3 heterocycles. The molecule has 0 saturated carbocycles. The summed E-state index contributed by atoms with van der Waals surface area (Å²) in [6.07, 6.45) is -2.93. The molecule has 10 heteroatoms. The van der Waals surface area contributed by atoms with E-state index < -0.39 is 20.8 Å². The van der Waals surface area contributed by atoms with E-state index in [1.165, 1.54) is 0 Å². The largest absolute Gasteiger partial charge is 0.433 e. The molecule has 164 valence electrons. The summed E-state index contributed by atoms with van der Waals surface area (Å²) in [5, 5.41) is 7.79. The highest BCUT2D eigenvalue weighted by molar-refractivity contribution is 6.59. The first-order valence-corrected chi connectivity index (χ1v) is 12.4. The molecule has 4 rings (SSSR count). The molecule has 6 nitrogen and oxygen atoms in total. The van der Waals surface area contributed by atoms with Crippen molar-refractivity contribution in [1.82, 2.24) is 15.1 Å². The number of carbonyl (C=O) groups is 1. The molecular formula is C21H23F3N4O2Si. The van der Waals surface area contributed by atoms with Crippen molar-refractivity contribution in [3.05, 3.63) is 53.0 Å². The predicted octanol–water partition coefficient (Wildman–Crippen LogP) is 4.59. The Morgan fingerprint density at radius 1 is 1.19 bits per heavy atom. The van der Waals surface area contributed by atoms with E-state index in [-0.39, 0.29) is 11.9 Å². The van der Waals surface area contributed by atoms with E-state index in [4.69, 9.17) is 4.52 Å². The molecule has 0 unspecified atom stereocenters. The van der Waals surface area contributed by atoms with Gasteiger partial charge in [0.25, 0.3) is 0 Å². The molecule has 1 amide bonds. The van der Waals surface area contributed by atoms with Crippen molar-refractivity contribution in [2.45, 2.75) is 51.0 Å². The van der Waals surface area contributed by atoms with Crippen molar-refractivity contribution in [2.24, 2.45) is 0 Å². The van der Waals surface area contributed by atoms with Crippen molar-refractivity contribution < 1.29 is 22.5 Å². The van der Waals surface area contributed by atoms with Crippen LogP contribution in [0.2, 0.25) is 12.1 Å². The summed E-state index contributed by atoms with van der Waals surface area (Å²) >= 11 is 0. The molecule has 1 aliphatic rings. The second-order valence-electron chi connectivity index (χ2n) is 7.94. The fraction of sp³-hybridized carbons (Fsp3) is 0.381. The maximum Gasteiger partial charge on any atom is 0.433 e. The quantitative estimate of drug-likeness (QED) is 0.571. The van der Waals surface area contributed by atoms with Gasteiger partial charge in [-0.05, 0) is 50.9 Å². The van der Waals surface area contributed by atoms with Crippen LogP contribution in [-0.2, 0) is 6.18 Å². The van der Waals surface area contributed by atoms with Crippen molar-refractivity contribution in [3.8, 4) is 0 Å². The lowest BCUT2D eigenvalue weighted by Crippen LogP contribution is -2.43. The molecule has 2 aromatic heterocycles. The van der Waals surface area contributed by atoms with E-state index in [1.807, 2.05) is 0 Å². The number of alkyl halides is 3. The topological polar surface area (TPSA) is 80.0 Å². The van der Waals surface area contributed by atoms with Crippen LogP contribution >= 0.6 is 0 Å². The van der Waals surface area contributed by atoms with Gasteiger partial charge in [0.05, 0.1) is 11.2 Å². The lowest BCUT2D eigenvalue weighted by Gasteiger charge is -2.29. The Morgan fingerprint density at radius 3 is 2.55 bits per heavy atom. The van der Waals surface area contributed by atoms with E-state index in [0.29, 0.717) is 33.6 Å². The first-order valence-electron chi connectivity index (χ1n) is 10.2. The fourth-order valence-corrected chi connectivity index (χ4v) is 6.81. The molecule has 1 saturated heterocycles. The third-order valence-corrected chi connectivity index (χ3v) is 8.42. The van der Waals surface area contributed by atoms with Crippen LogP contribution in [-0.4, -0.2) is 31.0 Å². The van der Waals surface area contributed by atoms with Gasteiger partial charge in [0.15, 0.2) is 0 Å². The number of aromatic nitrogens is 2. The minimum Gasteiger partial charge on any atom is -0.382 e. The SMILES string of the molecule is Cc1noc(C)c1C(=O)N[Si@H]1CC[C@@H](Nc2cc(C(F)(F)F)nc3ccccc23)CC1. The number of nitrogens with one attached hydrogen (secondary N) is 2. The molecular weight excluding hydrogens is 425 g/mol. The van der Waals surface area contributed by atoms with E-state index >= 15 is 0 Å². The summed E-state index contributed by atoms with van der Waals surface area (Å²) in [5.74, 6) is 0.360. The van der Waals surface area contributed by atoms with Crippen molar-refractivity contribution in [3.63, 3.8) is 0 Å². The van der Waals surface area contributed by atoms with Crippen LogP contribution in [0.5, 0.6) is 0 Å². The van der Waals surface area contributed by atoms with Crippen LogP contribution in [0.1, 0.15) is 40.3 Å². The molecule has 0 spiro atoms. The number of benzene rings is 1. The Morgan fingerprint density at radius 2 is 1.90 bits per heavy atom. The minimum atomic E-state index is -4.51. The highest BCUT2D eigenvalue weighted by Crippen LogP contribution is 2.34. The van der Waals surface area contributed by atoms with Crippen LogP contribution in [0.3, 0.4) is 0 Å². The summed E-state index contributed by atoms with van der Waals surface area (Å²) < 4.78 is 44.9. The molecule has 0 aliphatic carbocycles. The normalized spacial score (nSPS) is 19.4. The number of pyridine rings is 1. The Bertz CT molecular complexity index is 1090. The highest BCUT2D eigenvalue weighted by atomic mass is 28.3. The number of fused-ring (bicyclic) bond motifs is 1. The molecule has 0 radical (unpaired) electrons. The Hall–Kier alpha value is -2.88. The lowest BCUT2D eigenvalue weighted by molar-refractivity contribution is -0.140. The van der Waals surface area contributed by atoms with Crippen molar-refractivity contribution >= 4 is 31.5 Å². The van der Waals surface area contributed by atoms with Gasteiger partial charge in [-0.25, -0.2) is 4.98 Å². The third-order valence-electron chi connectivity index (χ3n) is 5.69. The summed E-state index contributed by atoms with van der Waals surface area (Å²) in [6, 6.07) is 9.69. The average molecular weight is 449 g/mol. The number of rotatable bonds is 4. The van der Waals surface area contributed by atoms with Gasteiger partial charge in [-0.15, -0.1) is 0 Å². The average Bonchev–Trinajstić information content (AvgIpc) is 3.07. The highest BCUT2D eigenvalue weighted by Gasteiger charge is 2.34. The van der Waals surface area contributed by atoms with Crippen LogP contribution in [0.15, 0.2) is 34.9 Å². The molecule has 31 heavy (non-hydrogen) atoms. The van der Waals surface area contributed by atoms with Gasteiger partial charge < -0.3 is 14.8 Å². The van der Waals surface area contributed by atoms with Gasteiger partial charge in [0, 0.05) is 17.1 Å². The van der Waals surface area contributed by atoms with Gasteiger partial charge >= 0.3 is 6.18 Å². The number of amides is 1. The van der Waals surface area contributed by atoms with Gasteiger partial charge in [0.1, 0.15) is 26.0 Å². The molecule has 0 bridgehead atoms. The van der Waals surface area contributed by atoms with Gasteiger partial charge in [0.2, 0.25) is 5.91 Å². The predicted molar refractivity (Wildman–Crippen MR) is 114 cm³/mol. The number of carbonyl (C=O) groups excluding carboxylic acids is 1. The van der Waals surface area contributed by atoms with Crippen LogP contribution < -0.4 is 10.3 Å². The van der Waals surface area contributed by atoms with Gasteiger partial charge in [-0.1, -0.05) is 23.4 Å². The van der Waals surface area contributed by atoms with Crippen LogP contribution in [0, 0.1) is 13.8 Å². The fourth-order valence-electron chi connectivity index (χ4n) is 4.11. The standard InChI is InChI=1S/C21H23F3N4O2Si/c1-12-19(13(2)30-27-12)20(29)28-31-9-7-14(8-10-31)25-17-11-18(21(22,23)24)26-16-6-4-3-5-15(16)17/h3-6,11,14,31H,7-10H2,1-2H3,(H,25,26)(H,28,29)/t14-,31+. The summed E-state index contributed by atoms with van der Waals surface area (Å²) in [6.45, 7) is 3.45. The number of hydrogen-bond acceptors (Lipinski definition) is 5. The number of anilines is 1. The first-order chi connectivity index (χ1) is 14.7. The lowest BCUT2D eigenvalue weighted by atomic mass is 10.1. The Labute approximate surface area is 178 Å². The molecule has 2 N–H and O–H groups in total. The molecule has 1 aromatic carbocycles. The van der Waals surface area contributed by atoms with Crippen LogP contribution in [0.4, 0.5) is 18.9 Å². The third kappa shape index (κ3) is 4.58. The summed E-state index contributed by atoms with van der Waals surface area (Å²) in [5.41, 5.74) is 0.931. The first kappa shape index (κ1) is 21.4. The maximum absolute atomic E-state index is 13.3. The Kier molecular flexibility index (Phi) is 5.74. The van der Waals surface area contributed by atoms with E-state index in [2.05, 4.69) is 20.4 Å². The van der Waals surface area contributed by atoms with Gasteiger partial charge in [-0.3, -0.25) is 4.79 Å². The smallest absolute Gasteiger partial charge is 0.382 e. The number of aryl methyl sites for hydroxylation is 2. The number of nitrogens with zero attached hydrogens (tertiary/aromatic N) is 2. The van der Waals surface area contributed by atoms with E-state index in [1.54, 1.807) is 38.1 Å². The molecule has 1 aliphatic heterocycles. The Balaban J connectivity index is 1.43. The second kappa shape index (κ2) is 8.33. The maximum atomic E-state index is 13.3. The van der Waals surface area contributed by atoms with Gasteiger partial charge in [-0.2, -0.15) is 13.2 Å². The van der Waals surface area contributed by atoms with Crippen molar-refractivity contribution in [1.29, 1.82) is 0 Å². The molecule has 3 aromatic rings. The summed E-state index contributed by atoms with van der Waals surface area (Å²) in [7, 11) is -1.50. The van der Waals surface area contributed by atoms with E-state index in [0.717, 1.165) is 31.0 Å². The van der Waals surface area contributed by atoms with Crippen LogP contribution in [0.25, 0.3) is 10.9 Å². The number of halogens is 3. The zero-order valence-corrected chi connectivity index (χ0v) is 18.4.